The molecule has 0 saturated carbocycles. The van der Waals surface area contributed by atoms with Crippen LogP contribution in [0.3, 0.4) is 0 Å². The van der Waals surface area contributed by atoms with Gasteiger partial charge in [0, 0.05) is 26.3 Å². The van der Waals surface area contributed by atoms with Gasteiger partial charge in [0.2, 0.25) is 11.8 Å². The number of nitrogens with one attached hydrogen (secondary N) is 1. The summed E-state index contributed by atoms with van der Waals surface area (Å²) in [5.74, 6) is 0.00742. The van der Waals surface area contributed by atoms with Crippen LogP contribution in [0.25, 0.3) is 0 Å². The zero-order valence-corrected chi connectivity index (χ0v) is 14.0. The first-order valence-electron chi connectivity index (χ1n) is 7.69. The maximum atomic E-state index is 12.4. The molecule has 0 saturated heterocycles. The van der Waals surface area contributed by atoms with Crippen molar-refractivity contribution in [3.63, 3.8) is 0 Å². The molecule has 0 spiro atoms. The molecule has 0 fully saturated rings. The molecule has 0 aliphatic rings. The van der Waals surface area contributed by atoms with Gasteiger partial charge < -0.3 is 16.0 Å². The normalized spacial score (nSPS) is 11.1. The van der Waals surface area contributed by atoms with Crippen molar-refractivity contribution in [3.05, 3.63) is 29.8 Å². The van der Waals surface area contributed by atoms with Gasteiger partial charge >= 0.3 is 0 Å². The van der Waals surface area contributed by atoms with Crippen molar-refractivity contribution < 1.29 is 9.59 Å². The first-order chi connectivity index (χ1) is 10.4. The fraction of sp³-hybridized carbons (Fsp3) is 0.529. The lowest BCUT2D eigenvalue weighted by atomic mass is 9.81. The molecule has 1 aromatic rings. The molecule has 0 aromatic heterocycles. The second kappa shape index (κ2) is 7.94. The molecule has 1 rings (SSSR count). The van der Waals surface area contributed by atoms with Gasteiger partial charge in [0.15, 0.2) is 0 Å². The number of rotatable bonds is 7. The fourth-order valence-corrected chi connectivity index (χ4v) is 2.25. The number of carbonyl (C=O) groups is 2. The van der Waals surface area contributed by atoms with Gasteiger partial charge in [0.1, 0.15) is 0 Å². The Bertz CT molecular complexity index is 497. The van der Waals surface area contributed by atoms with Crippen molar-refractivity contribution in [2.45, 2.75) is 33.1 Å². The number of nitrogens with zero attached hydrogens (tertiary/aromatic N) is 1. The van der Waals surface area contributed by atoms with Crippen molar-refractivity contribution in [2.75, 3.05) is 26.0 Å². The summed E-state index contributed by atoms with van der Waals surface area (Å²) in [6.07, 6.45) is 1.78. The van der Waals surface area contributed by atoms with E-state index in [0.29, 0.717) is 25.8 Å². The van der Waals surface area contributed by atoms with Crippen LogP contribution in [-0.2, 0) is 16.0 Å². The van der Waals surface area contributed by atoms with Gasteiger partial charge in [0.05, 0.1) is 11.8 Å². The smallest absolute Gasteiger partial charge is 0.231 e. The van der Waals surface area contributed by atoms with Crippen LogP contribution in [0.1, 0.15) is 32.3 Å². The van der Waals surface area contributed by atoms with Gasteiger partial charge in [-0.3, -0.25) is 9.59 Å². The van der Waals surface area contributed by atoms with Crippen molar-refractivity contribution in [2.24, 2.45) is 11.1 Å². The minimum absolute atomic E-state index is 0.0443. The lowest BCUT2D eigenvalue weighted by molar-refractivity contribution is -0.128. The molecule has 0 radical (unpaired) electrons. The molecule has 0 aliphatic heterocycles. The number of hydrogen-bond acceptors (Lipinski definition) is 3. The van der Waals surface area contributed by atoms with Crippen LogP contribution in [0, 0.1) is 5.41 Å². The molecule has 0 unspecified atom stereocenters. The van der Waals surface area contributed by atoms with Crippen molar-refractivity contribution in [1.29, 1.82) is 0 Å². The third-order valence-corrected chi connectivity index (χ3v) is 4.29. The van der Waals surface area contributed by atoms with Crippen LogP contribution in [0.2, 0.25) is 0 Å². The van der Waals surface area contributed by atoms with E-state index >= 15 is 0 Å². The number of amides is 2. The van der Waals surface area contributed by atoms with E-state index in [-0.39, 0.29) is 11.8 Å². The van der Waals surface area contributed by atoms with Crippen LogP contribution in [0.4, 0.5) is 5.69 Å². The van der Waals surface area contributed by atoms with E-state index in [1.807, 2.05) is 38.1 Å². The van der Waals surface area contributed by atoms with E-state index < -0.39 is 5.41 Å². The minimum Gasteiger partial charge on any atom is -0.349 e. The molecule has 5 heteroatoms. The molecule has 122 valence electrons. The van der Waals surface area contributed by atoms with Crippen molar-refractivity contribution in [3.8, 4) is 0 Å². The molecular weight excluding hydrogens is 278 g/mol. The monoisotopic (exact) mass is 305 g/mol. The van der Waals surface area contributed by atoms with Crippen LogP contribution < -0.4 is 11.1 Å². The molecule has 1 aromatic carbocycles. The summed E-state index contributed by atoms with van der Waals surface area (Å²) in [4.78, 5) is 25.7. The summed E-state index contributed by atoms with van der Waals surface area (Å²) in [5, 5.41) is 2.92. The van der Waals surface area contributed by atoms with Gasteiger partial charge in [-0.15, -0.1) is 0 Å². The molecule has 0 bridgehead atoms. The highest BCUT2D eigenvalue weighted by molar-refractivity contribution is 5.95. The summed E-state index contributed by atoms with van der Waals surface area (Å²) in [7, 11) is 3.47. The lowest BCUT2D eigenvalue weighted by Gasteiger charge is -2.28. The van der Waals surface area contributed by atoms with Gasteiger partial charge in [-0.05, 0) is 30.5 Å². The highest BCUT2D eigenvalue weighted by Crippen LogP contribution is 2.27. The first kappa shape index (κ1) is 18.2. The predicted octanol–water partition coefficient (Wildman–Crippen LogP) is 2.02. The zero-order chi connectivity index (χ0) is 16.8. The number of hydrogen-bond donors (Lipinski definition) is 2. The standard InChI is InChI=1S/C17H27N3O2/c1-5-17(6-2,12-18)16(22)19-14-9-7-13(8-10-14)11-15(21)20(3)4/h7-10H,5-6,11-12,18H2,1-4H3,(H,19,22). The Balaban J connectivity index is 2.75. The van der Waals surface area contributed by atoms with E-state index in [2.05, 4.69) is 5.32 Å². The van der Waals surface area contributed by atoms with E-state index in [4.69, 9.17) is 5.73 Å². The molecule has 0 atom stereocenters. The summed E-state index contributed by atoms with van der Waals surface area (Å²) in [6.45, 7) is 4.29. The Labute approximate surface area is 132 Å². The Morgan fingerprint density at radius 2 is 1.68 bits per heavy atom. The zero-order valence-electron chi connectivity index (χ0n) is 14.0. The first-order valence-corrected chi connectivity index (χ1v) is 7.69. The maximum Gasteiger partial charge on any atom is 0.231 e. The molecule has 22 heavy (non-hydrogen) atoms. The van der Waals surface area contributed by atoms with Crippen LogP contribution in [0.5, 0.6) is 0 Å². The average molecular weight is 305 g/mol. The van der Waals surface area contributed by atoms with E-state index in [1.54, 1.807) is 19.0 Å². The van der Waals surface area contributed by atoms with Crippen LogP contribution >= 0.6 is 0 Å². The van der Waals surface area contributed by atoms with E-state index in [1.165, 1.54) is 0 Å². The Hall–Kier alpha value is -1.88. The Morgan fingerprint density at radius 1 is 1.14 bits per heavy atom. The average Bonchev–Trinajstić information content (AvgIpc) is 2.51. The second-order valence-electron chi connectivity index (χ2n) is 5.81. The van der Waals surface area contributed by atoms with Gasteiger partial charge in [-0.2, -0.15) is 0 Å². The topological polar surface area (TPSA) is 75.4 Å². The molecule has 2 amide bonds. The number of likely N-dealkylation sites (N-methyl/N-ethyl adjacent to an activating group) is 1. The highest BCUT2D eigenvalue weighted by Gasteiger charge is 2.33. The van der Waals surface area contributed by atoms with Crippen molar-refractivity contribution in [1.82, 2.24) is 4.90 Å². The molecule has 5 nitrogen and oxygen atoms in total. The summed E-state index contributed by atoms with van der Waals surface area (Å²) < 4.78 is 0. The van der Waals surface area contributed by atoms with Crippen LogP contribution in [-0.4, -0.2) is 37.4 Å². The largest absolute Gasteiger partial charge is 0.349 e. The maximum absolute atomic E-state index is 12.4. The quantitative estimate of drug-likeness (QED) is 0.809. The third-order valence-electron chi connectivity index (χ3n) is 4.29. The molecule has 0 aliphatic carbocycles. The highest BCUT2D eigenvalue weighted by atomic mass is 16.2. The van der Waals surface area contributed by atoms with Gasteiger partial charge in [-0.1, -0.05) is 26.0 Å². The SMILES string of the molecule is CCC(CC)(CN)C(=O)Nc1ccc(CC(=O)N(C)C)cc1. The predicted molar refractivity (Wildman–Crippen MR) is 89.5 cm³/mol. The van der Waals surface area contributed by atoms with Gasteiger partial charge in [0.25, 0.3) is 0 Å². The summed E-state index contributed by atoms with van der Waals surface area (Å²) >= 11 is 0. The van der Waals surface area contributed by atoms with E-state index in [9.17, 15) is 9.59 Å². The fourth-order valence-electron chi connectivity index (χ4n) is 2.25. The van der Waals surface area contributed by atoms with Crippen LogP contribution in [0.15, 0.2) is 24.3 Å². The Morgan fingerprint density at radius 3 is 2.09 bits per heavy atom. The third kappa shape index (κ3) is 4.31. The van der Waals surface area contributed by atoms with Gasteiger partial charge in [-0.25, -0.2) is 0 Å². The lowest BCUT2D eigenvalue weighted by Crippen LogP contribution is -2.41. The van der Waals surface area contributed by atoms with E-state index in [0.717, 1.165) is 11.3 Å². The number of anilines is 1. The molecule has 3 N–H and O–H groups in total. The Kier molecular flexibility index (Phi) is 6.56. The number of carbonyl (C=O) groups excluding carboxylic acids is 2. The van der Waals surface area contributed by atoms with Crippen molar-refractivity contribution >= 4 is 17.5 Å². The number of benzene rings is 1. The summed E-state index contributed by atoms with van der Waals surface area (Å²) in [5.41, 5.74) is 6.92. The summed E-state index contributed by atoms with van der Waals surface area (Å²) in [6, 6.07) is 7.36. The molecule has 0 heterocycles. The molecular formula is C17H27N3O2. The second-order valence-corrected chi connectivity index (χ2v) is 5.81. The number of nitrogens with two attached hydrogens (primary N) is 1. The minimum atomic E-state index is -0.514.